The zero-order valence-corrected chi connectivity index (χ0v) is 14.5. The molecule has 4 heteroatoms. The second-order valence-electron chi connectivity index (χ2n) is 7.24. The standard InChI is InChI=1S/C19H28N2O2/c1-15-5-7-16(8-6-15)17(20(2)3)18(22)21-12-10-19(11-13-21)9-4-14-23-19/h5-8,17H,4,9-14H2,1-3H3/t17-/m1/s1. The van der Waals surface area contributed by atoms with Crippen LogP contribution in [0.2, 0.25) is 0 Å². The summed E-state index contributed by atoms with van der Waals surface area (Å²) in [6, 6.07) is 8.11. The van der Waals surface area contributed by atoms with E-state index in [1.807, 2.05) is 23.9 Å². The summed E-state index contributed by atoms with van der Waals surface area (Å²) in [7, 11) is 3.96. The Kier molecular flexibility index (Phi) is 4.74. The molecule has 1 aromatic rings. The van der Waals surface area contributed by atoms with Crippen LogP contribution < -0.4 is 0 Å². The third-order valence-corrected chi connectivity index (χ3v) is 5.31. The molecule has 1 atom stereocenters. The first-order chi connectivity index (χ1) is 11.0. The van der Waals surface area contributed by atoms with E-state index in [1.165, 1.54) is 5.56 Å². The minimum absolute atomic E-state index is 0.0637. The molecule has 0 N–H and O–H groups in total. The van der Waals surface area contributed by atoms with Gasteiger partial charge in [0, 0.05) is 19.7 Å². The highest BCUT2D eigenvalue weighted by atomic mass is 16.5. The summed E-state index contributed by atoms with van der Waals surface area (Å²) in [4.78, 5) is 17.1. The van der Waals surface area contributed by atoms with Crippen LogP contribution >= 0.6 is 0 Å². The Morgan fingerprint density at radius 3 is 2.35 bits per heavy atom. The highest BCUT2D eigenvalue weighted by Crippen LogP contribution is 2.36. The lowest BCUT2D eigenvalue weighted by Crippen LogP contribution is -2.49. The van der Waals surface area contributed by atoms with Crippen molar-refractivity contribution in [3.8, 4) is 0 Å². The molecular weight excluding hydrogens is 288 g/mol. The van der Waals surface area contributed by atoms with Crippen molar-refractivity contribution in [2.45, 2.75) is 44.2 Å². The summed E-state index contributed by atoms with van der Waals surface area (Å²) < 4.78 is 5.97. The maximum absolute atomic E-state index is 13.1. The van der Waals surface area contributed by atoms with Crippen LogP contribution in [-0.4, -0.2) is 55.1 Å². The molecule has 1 aromatic carbocycles. The molecule has 1 amide bonds. The lowest BCUT2D eigenvalue weighted by atomic mass is 9.88. The van der Waals surface area contributed by atoms with Crippen LogP contribution in [0.4, 0.5) is 0 Å². The predicted molar refractivity (Wildman–Crippen MR) is 91.3 cm³/mol. The molecule has 0 aliphatic carbocycles. The van der Waals surface area contributed by atoms with Gasteiger partial charge >= 0.3 is 0 Å². The summed E-state index contributed by atoms with van der Waals surface area (Å²) in [5.41, 5.74) is 2.36. The quantitative estimate of drug-likeness (QED) is 0.859. The van der Waals surface area contributed by atoms with Crippen molar-refractivity contribution >= 4 is 5.91 Å². The lowest BCUT2D eigenvalue weighted by Gasteiger charge is -2.40. The molecule has 0 unspecified atom stereocenters. The van der Waals surface area contributed by atoms with Crippen molar-refractivity contribution in [2.24, 2.45) is 0 Å². The minimum atomic E-state index is -0.200. The fourth-order valence-corrected chi connectivity index (χ4v) is 3.87. The maximum Gasteiger partial charge on any atom is 0.244 e. The Morgan fingerprint density at radius 1 is 1.17 bits per heavy atom. The number of likely N-dealkylation sites (N-methyl/N-ethyl adjacent to an activating group) is 1. The van der Waals surface area contributed by atoms with Crippen LogP contribution in [0.25, 0.3) is 0 Å². The molecule has 0 saturated carbocycles. The third kappa shape index (κ3) is 3.43. The van der Waals surface area contributed by atoms with Gasteiger partial charge in [-0.2, -0.15) is 0 Å². The van der Waals surface area contributed by atoms with Gasteiger partial charge in [-0.3, -0.25) is 9.69 Å². The van der Waals surface area contributed by atoms with E-state index in [0.29, 0.717) is 0 Å². The SMILES string of the molecule is Cc1ccc([C@H](C(=O)N2CCC3(CCCO3)CC2)N(C)C)cc1. The first-order valence-electron chi connectivity index (χ1n) is 8.66. The summed E-state index contributed by atoms with van der Waals surface area (Å²) >= 11 is 0. The van der Waals surface area contributed by atoms with Crippen LogP contribution in [0.3, 0.4) is 0 Å². The fraction of sp³-hybridized carbons (Fsp3) is 0.632. The van der Waals surface area contributed by atoms with Crippen molar-refractivity contribution < 1.29 is 9.53 Å². The number of piperidine rings is 1. The molecule has 0 bridgehead atoms. The number of likely N-dealkylation sites (tertiary alicyclic amines) is 1. The van der Waals surface area contributed by atoms with Crippen molar-refractivity contribution in [1.82, 2.24) is 9.80 Å². The number of carbonyl (C=O) groups is 1. The highest BCUT2D eigenvalue weighted by molar-refractivity contribution is 5.83. The molecule has 2 aliphatic rings. The molecule has 4 nitrogen and oxygen atoms in total. The Hall–Kier alpha value is -1.39. The van der Waals surface area contributed by atoms with Crippen molar-refractivity contribution in [3.05, 3.63) is 35.4 Å². The average Bonchev–Trinajstić information content (AvgIpc) is 2.98. The molecule has 0 radical (unpaired) electrons. The van der Waals surface area contributed by atoms with Crippen LogP contribution in [0.15, 0.2) is 24.3 Å². The van der Waals surface area contributed by atoms with Gasteiger partial charge in [0.25, 0.3) is 0 Å². The van der Waals surface area contributed by atoms with Gasteiger partial charge in [-0.05, 0) is 52.3 Å². The Balaban J connectivity index is 1.71. The number of ether oxygens (including phenoxy) is 1. The second-order valence-corrected chi connectivity index (χ2v) is 7.24. The summed E-state index contributed by atoms with van der Waals surface area (Å²) in [6.45, 7) is 4.59. The monoisotopic (exact) mass is 316 g/mol. The molecule has 2 fully saturated rings. The molecular formula is C19H28N2O2. The zero-order valence-electron chi connectivity index (χ0n) is 14.5. The molecule has 1 spiro atoms. The van der Waals surface area contributed by atoms with Crippen LogP contribution in [0, 0.1) is 6.92 Å². The Bertz CT molecular complexity index is 537. The van der Waals surface area contributed by atoms with Crippen LogP contribution in [0.1, 0.15) is 42.9 Å². The largest absolute Gasteiger partial charge is 0.375 e. The summed E-state index contributed by atoms with van der Waals surface area (Å²) in [5, 5.41) is 0. The minimum Gasteiger partial charge on any atom is -0.375 e. The molecule has 2 saturated heterocycles. The third-order valence-electron chi connectivity index (χ3n) is 5.31. The van der Waals surface area contributed by atoms with E-state index in [-0.39, 0.29) is 17.6 Å². The maximum atomic E-state index is 13.1. The second kappa shape index (κ2) is 6.62. The number of amides is 1. The topological polar surface area (TPSA) is 32.8 Å². The van der Waals surface area contributed by atoms with E-state index in [1.54, 1.807) is 0 Å². The normalized spacial score (nSPS) is 21.8. The number of hydrogen-bond donors (Lipinski definition) is 0. The molecule has 2 heterocycles. The van der Waals surface area contributed by atoms with E-state index in [4.69, 9.17) is 4.74 Å². The molecule has 23 heavy (non-hydrogen) atoms. The van der Waals surface area contributed by atoms with E-state index in [2.05, 4.69) is 31.2 Å². The first-order valence-corrected chi connectivity index (χ1v) is 8.66. The van der Waals surface area contributed by atoms with Crippen molar-refractivity contribution in [3.63, 3.8) is 0 Å². The fourth-order valence-electron chi connectivity index (χ4n) is 3.87. The van der Waals surface area contributed by atoms with Gasteiger partial charge in [0.05, 0.1) is 5.60 Å². The van der Waals surface area contributed by atoms with Crippen LogP contribution in [-0.2, 0) is 9.53 Å². The van der Waals surface area contributed by atoms with E-state index in [0.717, 1.165) is 50.9 Å². The number of carbonyl (C=O) groups excluding carboxylic acids is 1. The van der Waals surface area contributed by atoms with Gasteiger partial charge in [-0.15, -0.1) is 0 Å². The van der Waals surface area contributed by atoms with Gasteiger partial charge < -0.3 is 9.64 Å². The highest BCUT2D eigenvalue weighted by Gasteiger charge is 2.40. The molecule has 0 aromatic heterocycles. The number of rotatable bonds is 3. The van der Waals surface area contributed by atoms with Gasteiger partial charge in [-0.25, -0.2) is 0 Å². The van der Waals surface area contributed by atoms with Crippen molar-refractivity contribution in [2.75, 3.05) is 33.8 Å². The van der Waals surface area contributed by atoms with Crippen LogP contribution in [0.5, 0.6) is 0 Å². The molecule has 126 valence electrons. The zero-order chi connectivity index (χ0) is 16.4. The van der Waals surface area contributed by atoms with Crippen molar-refractivity contribution in [1.29, 1.82) is 0 Å². The number of hydrogen-bond acceptors (Lipinski definition) is 3. The first kappa shape index (κ1) is 16.5. The number of nitrogens with zero attached hydrogens (tertiary/aromatic N) is 2. The Labute approximate surface area is 139 Å². The molecule has 2 aliphatic heterocycles. The number of aryl methyl sites for hydroxylation is 1. The summed E-state index contributed by atoms with van der Waals surface area (Å²) in [5.74, 6) is 0.215. The Morgan fingerprint density at radius 2 is 1.83 bits per heavy atom. The predicted octanol–water partition coefficient (Wildman–Crippen LogP) is 2.77. The summed E-state index contributed by atoms with van der Waals surface area (Å²) in [6.07, 6.45) is 4.28. The van der Waals surface area contributed by atoms with E-state index >= 15 is 0 Å². The average molecular weight is 316 g/mol. The molecule has 3 rings (SSSR count). The van der Waals surface area contributed by atoms with Gasteiger partial charge in [0.15, 0.2) is 0 Å². The van der Waals surface area contributed by atoms with Gasteiger partial charge in [-0.1, -0.05) is 29.8 Å². The lowest BCUT2D eigenvalue weighted by molar-refractivity contribution is -0.141. The van der Waals surface area contributed by atoms with E-state index < -0.39 is 0 Å². The van der Waals surface area contributed by atoms with E-state index in [9.17, 15) is 4.79 Å². The number of benzene rings is 1. The van der Waals surface area contributed by atoms with Gasteiger partial charge in [0.2, 0.25) is 5.91 Å². The smallest absolute Gasteiger partial charge is 0.244 e. The van der Waals surface area contributed by atoms with Gasteiger partial charge in [0.1, 0.15) is 6.04 Å².